The van der Waals surface area contributed by atoms with Gasteiger partial charge in [0.15, 0.2) is 0 Å². The van der Waals surface area contributed by atoms with Gasteiger partial charge in [-0.25, -0.2) is 4.98 Å². The maximum atomic E-state index is 12.8. The molecule has 0 unspecified atom stereocenters. The quantitative estimate of drug-likeness (QED) is 0.531. The summed E-state index contributed by atoms with van der Waals surface area (Å²) < 4.78 is 3.77. The van der Waals surface area contributed by atoms with Gasteiger partial charge >= 0.3 is 0 Å². The van der Waals surface area contributed by atoms with Crippen molar-refractivity contribution in [2.75, 3.05) is 6.26 Å². The van der Waals surface area contributed by atoms with E-state index in [4.69, 9.17) is 11.6 Å². The number of pyridine rings is 1. The standard InChI is InChI=1S/C17H17ClN4OS/c1-24-15-8-16-21(10-11-6-7-14(18)19-9-11)13-5-3-2-4-12(13)17(23)22(16)20-15/h6-9H,2-5,10H2,1H3. The number of halogens is 1. The lowest BCUT2D eigenvalue weighted by Crippen LogP contribution is -2.29. The van der Waals surface area contributed by atoms with Gasteiger partial charge in [0.1, 0.15) is 15.8 Å². The van der Waals surface area contributed by atoms with Gasteiger partial charge in [-0.3, -0.25) is 4.79 Å². The molecule has 7 heteroatoms. The van der Waals surface area contributed by atoms with E-state index in [-0.39, 0.29) is 5.56 Å². The fourth-order valence-electron chi connectivity index (χ4n) is 3.33. The first-order valence-electron chi connectivity index (χ1n) is 7.96. The van der Waals surface area contributed by atoms with Crippen molar-refractivity contribution in [2.24, 2.45) is 0 Å². The summed E-state index contributed by atoms with van der Waals surface area (Å²) in [5.74, 6) is 0. The van der Waals surface area contributed by atoms with Gasteiger partial charge < -0.3 is 4.57 Å². The van der Waals surface area contributed by atoms with E-state index in [9.17, 15) is 4.79 Å². The molecule has 0 amide bonds. The maximum Gasteiger partial charge on any atom is 0.277 e. The highest BCUT2D eigenvalue weighted by molar-refractivity contribution is 7.98. The van der Waals surface area contributed by atoms with Gasteiger partial charge in [0.25, 0.3) is 5.56 Å². The zero-order chi connectivity index (χ0) is 16.7. The lowest BCUT2D eigenvalue weighted by molar-refractivity contribution is 0.597. The molecule has 0 saturated heterocycles. The summed E-state index contributed by atoms with van der Waals surface area (Å²) in [6.07, 6.45) is 7.70. The monoisotopic (exact) mass is 360 g/mol. The number of rotatable bonds is 3. The minimum Gasteiger partial charge on any atom is -0.325 e. The number of aromatic nitrogens is 4. The van der Waals surface area contributed by atoms with Crippen LogP contribution in [0.2, 0.25) is 5.15 Å². The molecule has 0 N–H and O–H groups in total. The van der Waals surface area contributed by atoms with Crippen LogP contribution in [0, 0.1) is 0 Å². The average Bonchev–Trinajstić information content (AvgIpc) is 3.05. The van der Waals surface area contributed by atoms with Crippen LogP contribution in [0.25, 0.3) is 5.65 Å². The van der Waals surface area contributed by atoms with Crippen LogP contribution >= 0.6 is 23.4 Å². The van der Waals surface area contributed by atoms with E-state index in [2.05, 4.69) is 14.6 Å². The van der Waals surface area contributed by atoms with Gasteiger partial charge in [-0.1, -0.05) is 17.7 Å². The lowest BCUT2D eigenvalue weighted by atomic mass is 9.96. The van der Waals surface area contributed by atoms with Gasteiger partial charge in [-0.2, -0.15) is 9.61 Å². The SMILES string of the molecule is CSc1cc2n(Cc3ccc(Cl)nc3)c3c(c(=O)n2n1)CCCC3. The Morgan fingerprint density at radius 3 is 2.88 bits per heavy atom. The molecule has 1 aliphatic rings. The van der Waals surface area contributed by atoms with E-state index >= 15 is 0 Å². The van der Waals surface area contributed by atoms with Gasteiger partial charge in [-0.05, 0) is 43.6 Å². The Hall–Kier alpha value is -1.79. The van der Waals surface area contributed by atoms with Crippen LogP contribution in [0.1, 0.15) is 29.7 Å². The molecular weight excluding hydrogens is 344 g/mol. The summed E-state index contributed by atoms with van der Waals surface area (Å²) in [6.45, 7) is 0.662. The molecule has 0 aliphatic heterocycles. The molecule has 3 aromatic heterocycles. The zero-order valence-corrected chi connectivity index (χ0v) is 14.9. The van der Waals surface area contributed by atoms with Crippen molar-refractivity contribution in [1.82, 2.24) is 19.2 Å². The molecule has 0 aromatic carbocycles. The molecule has 0 bridgehead atoms. The van der Waals surface area contributed by atoms with Crippen LogP contribution in [0.4, 0.5) is 0 Å². The Labute approximate surface area is 148 Å². The van der Waals surface area contributed by atoms with Crippen molar-refractivity contribution in [3.05, 3.63) is 56.7 Å². The average molecular weight is 361 g/mol. The highest BCUT2D eigenvalue weighted by atomic mass is 35.5. The molecule has 4 rings (SSSR count). The predicted molar refractivity (Wildman–Crippen MR) is 96.2 cm³/mol. The van der Waals surface area contributed by atoms with Crippen LogP contribution in [0.5, 0.6) is 0 Å². The summed E-state index contributed by atoms with van der Waals surface area (Å²) in [5.41, 5.74) is 3.99. The molecular formula is C17H17ClN4OS. The predicted octanol–water partition coefficient (Wildman–Crippen LogP) is 3.19. The summed E-state index contributed by atoms with van der Waals surface area (Å²) in [6, 6.07) is 5.77. The molecule has 3 heterocycles. The van der Waals surface area contributed by atoms with Crippen LogP contribution in [0.3, 0.4) is 0 Å². The summed E-state index contributed by atoms with van der Waals surface area (Å²) in [5, 5.41) is 5.81. The van der Waals surface area contributed by atoms with E-state index in [1.807, 2.05) is 18.4 Å². The molecule has 124 valence electrons. The number of fused-ring (bicyclic) bond motifs is 2. The first-order chi connectivity index (χ1) is 11.7. The fourth-order valence-corrected chi connectivity index (χ4v) is 3.83. The largest absolute Gasteiger partial charge is 0.325 e. The van der Waals surface area contributed by atoms with Crippen LogP contribution < -0.4 is 5.56 Å². The van der Waals surface area contributed by atoms with Crippen molar-refractivity contribution < 1.29 is 0 Å². The van der Waals surface area contributed by atoms with Crippen molar-refractivity contribution in [1.29, 1.82) is 0 Å². The number of hydrogen-bond acceptors (Lipinski definition) is 4. The third-order valence-electron chi connectivity index (χ3n) is 4.50. The van der Waals surface area contributed by atoms with Gasteiger partial charge in [-0.15, -0.1) is 11.8 Å². The second-order valence-electron chi connectivity index (χ2n) is 5.97. The van der Waals surface area contributed by atoms with E-state index in [1.165, 1.54) is 0 Å². The Morgan fingerprint density at radius 2 is 2.12 bits per heavy atom. The second kappa shape index (κ2) is 6.26. The Balaban J connectivity index is 1.94. The van der Waals surface area contributed by atoms with Crippen molar-refractivity contribution >= 4 is 29.0 Å². The molecule has 0 radical (unpaired) electrons. The number of hydrogen-bond donors (Lipinski definition) is 0. The van der Waals surface area contributed by atoms with Crippen molar-refractivity contribution in [3.8, 4) is 0 Å². The molecule has 0 saturated carbocycles. The first kappa shape index (κ1) is 15.7. The minimum atomic E-state index is 0.0329. The molecule has 0 spiro atoms. The topological polar surface area (TPSA) is 52.2 Å². The minimum absolute atomic E-state index is 0.0329. The van der Waals surface area contributed by atoms with Crippen LogP contribution in [-0.2, 0) is 19.4 Å². The highest BCUT2D eigenvalue weighted by Gasteiger charge is 2.21. The highest BCUT2D eigenvalue weighted by Crippen LogP contribution is 2.24. The van der Waals surface area contributed by atoms with E-state index in [0.717, 1.165) is 53.2 Å². The summed E-state index contributed by atoms with van der Waals surface area (Å²) in [4.78, 5) is 17.0. The molecule has 0 fully saturated rings. The van der Waals surface area contributed by atoms with Gasteiger partial charge in [0.2, 0.25) is 0 Å². The Morgan fingerprint density at radius 1 is 1.29 bits per heavy atom. The van der Waals surface area contributed by atoms with E-state index < -0.39 is 0 Å². The Kier molecular flexibility index (Phi) is 4.10. The normalized spacial score (nSPS) is 14.1. The first-order valence-corrected chi connectivity index (χ1v) is 9.56. The number of thioether (sulfide) groups is 1. The fraction of sp³-hybridized carbons (Fsp3) is 0.353. The van der Waals surface area contributed by atoms with Crippen molar-refractivity contribution in [3.63, 3.8) is 0 Å². The van der Waals surface area contributed by atoms with Gasteiger partial charge in [0.05, 0.1) is 6.54 Å². The third kappa shape index (κ3) is 2.63. The summed E-state index contributed by atoms with van der Waals surface area (Å²) in [7, 11) is 0. The number of nitrogens with zero attached hydrogens (tertiary/aromatic N) is 4. The third-order valence-corrected chi connectivity index (χ3v) is 5.34. The second-order valence-corrected chi connectivity index (χ2v) is 7.18. The van der Waals surface area contributed by atoms with E-state index in [1.54, 1.807) is 28.5 Å². The lowest BCUT2D eigenvalue weighted by Gasteiger charge is -2.22. The maximum absolute atomic E-state index is 12.8. The molecule has 0 atom stereocenters. The zero-order valence-electron chi connectivity index (χ0n) is 13.3. The van der Waals surface area contributed by atoms with Crippen LogP contribution in [0.15, 0.2) is 34.2 Å². The smallest absolute Gasteiger partial charge is 0.277 e. The van der Waals surface area contributed by atoms with Crippen molar-refractivity contribution in [2.45, 2.75) is 37.3 Å². The molecule has 24 heavy (non-hydrogen) atoms. The van der Waals surface area contributed by atoms with Gasteiger partial charge in [0, 0.05) is 23.5 Å². The molecule has 3 aromatic rings. The van der Waals surface area contributed by atoms with E-state index in [0.29, 0.717) is 11.7 Å². The molecule has 5 nitrogen and oxygen atoms in total. The van der Waals surface area contributed by atoms with Crippen LogP contribution in [-0.4, -0.2) is 25.4 Å². The Bertz CT molecular complexity index is 961. The summed E-state index contributed by atoms with van der Waals surface area (Å²) >= 11 is 7.44. The molecule has 1 aliphatic carbocycles.